The molecule has 0 fully saturated rings. The number of carbonyl (C=O) groups excluding carboxylic acids is 1. The average molecular weight is 270 g/mol. The number of rotatable bonds is 7. The van der Waals surface area contributed by atoms with Crippen molar-refractivity contribution < 1.29 is 19.6 Å². The minimum absolute atomic E-state index is 0.226. The highest BCUT2D eigenvalue weighted by molar-refractivity contribution is 5.83. The topological polar surface area (TPSA) is 127 Å². The van der Waals surface area contributed by atoms with Crippen LogP contribution < -0.4 is 5.32 Å². The molecule has 0 aromatic carbocycles. The molecule has 0 aliphatic heterocycles. The van der Waals surface area contributed by atoms with Crippen molar-refractivity contribution in [3.63, 3.8) is 0 Å². The number of aliphatic carboxylic acids is 1. The summed E-state index contributed by atoms with van der Waals surface area (Å²) in [6.45, 7) is 1.54. The van der Waals surface area contributed by atoms with E-state index in [0.717, 1.165) is 17.1 Å². The van der Waals surface area contributed by atoms with E-state index in [-0.39, 0.29) is 12.2 Å². The molecule has 19 heavy (non-hydrogen) atoms. The van der Waals surface area contributed by atoms with E-state index in [1.54, 1.807) is 6.92 Å². The molecular formula is C10H14N4O5. The lowest BCUT2D eigenvalue weighted by Crippen LogP contribution is -2.42. The zero-order valence-corrected chi connectivity index (χ0v) is 10.3. The minimum Gasteiger partial charge on any atom is -0.480 e. The first-order valence-corrected chi connectivity index (χ1v) is 5.63. The summed E-state index contributed by atoms with van der Waals surface area (Å²) in [6, 6.07) is -0.956. The smallest absolute Gasteiger partial charge is 0.326 e. The third kappa shape index (κ3) is 4.37. The van der Waals surface area contributed by atoms with Crippen LogP contribution in [0.2, 0.25) is 0 Å². The first-order chi connectivity index (χ1) is 8.93. The highest BCUT2D eigenvalue weighted by Gasteiger charge is 2.19. The Labute approximate surface area is 108 Å². The zero-order valence-electron chi connectivity index (χ0n) is 10.3. The molecule has 9 heteroatoms. The van der Waals surface area contributed by atoms with Crippen LogP contribution in [0.3, 0.4) is 0 Å². The van der Waals surface area contributed by atoms with E-state index in [1.807, 2.05) is 0 Å². The first-order valence-electron chi connectivity index (χ1n) is 5.63. The lowest BCUT2D eigenvalue weighted by atomic mass is 10.1. The van der Waals surface area contributed by atoms with E-state index in [1.165, 1.54) is 0 Å². The summed E-state index contributed by atoms with van der Waals surface area (Å²) in [5.74, 6) is -1.67. The van der Waals surface area contributed by atoms with Gasteiger partial charge in [-0.3, -0.25) is 19.6 Å². The Morgan fingerprint density at radius 3 is 2.79 bits per heavy atom. The third-order valence-electron chi connectivity index (χ3n) is 2.35. The van der Waals surface area contributed by atoms with E-state index in [4.69, 9.17) is 5.11 Å². The molecule has 104 valence electrons. The number of carboxylic acid groups (broad SMARTS) is 1. The van der Waals surface area contributed by atoms with Crippen LogP contribution in [0.4, 0.5) is 5.69 Å². The number of carbonyl (C=O) groups is 2. The van der Waals surface area contributed by atoms with E-state index in [9.17, 15) is 19.7 Å². The van der Waals surface area contributed by atoms with Crippen molar-refractivity contribution in [2.45, 2.75) is 32.4 Å². The molecule has 9 nitrogen and oxygen atoms in total. The SMILES string of the molecule is CCC[C@H](NC(=O)Cn1cc([N+](=O)[O-])cn1)C(=O)O. The second-order valence-electron chi connectivity index (χ2n) is 3.90. The fourth-order valence-electron chi connectivity index (χ4n) is 1.47. The van der Waals surface area contributed by atoms with Gasteiger partial charge in [0, 0.05) is 0 Å². The quantitative estimate of drug-likeness (QED) is 0.536. The van der Waals surface area contributed by atoms with E-state index in [2.05, 4.69) is 10.4 Å². The molecule has 0 bridgehead atoms. The van der Waals surface area contributed by atoms with Crippen molar-refractivity contribution in [1.29, 1.82) is 0 Å². The molecule has 1 aromatic rings. The van der Waals surface area contributed by atoms with Crippen LogP contribution >= 0.6 is 0 Å². The lowest BCUT2D eigenvalue weighted by molar-refractivity contribution is -0.385. The van der Waals surface area contributed by atoms with Gasteiger partial charge in [0.15, 0.2) is 0 Å². The van der Waals surface area contributed by atoms with Crippen molar-refractivity contribution >= 4 is 17.6 Å². The molecule has 1 rings (SSSR count). The highest BCUT2D eigenvalue weighted by atomic mass is 16.6. The Balaban J connectivity index is 2.58. The zero-order chi connectivity index (χ0) is 14.4. The van der Waals surface area contributed by atoms with Crippen LogP contribution in [0.15, 0.2) is 12.4 Å². The first kappa shape index (κ1) is 14.6. The molecule has 0 aliphatic rings. The van der Waals surface area contributed by atoms with Gasteiger partial charge in [-0.15, -0.1) is 0 Å². The molecule has 0 aliphatic carbocycles. The van der Waals surface area contributed by atoms with Crippen LogP contribution in [-0.2, 0) is 16.1 Å². The Hall–Kier alpha value is -2.45. The van der Waals surface area contributed by atoms with Crippen molar-refractivity contribution in [2.24, 2.45) is 0 Å². The molecule has 1 amide bonds. The molecule has 1 aromatic heterocycles. The molecule has 0 unspecified atom stereocenters. The van der Waals surface area contributed by atoms with Crippen LogP contribution in [-0.4, -0.2) is 37.7 Å². The molecule has 1 heterocycles. The normalized spacial score (nSPS) is 11.8. The molecule has 0 saturated heterocycles. The number of nitrogens with one attached hydrogen (secondary N) is 1. The Kier molecular flexibility index (Phi) is 4.98. The molecular weight excluding hydrogens is 256 g/mol. The third-order valence-corrected chi connectivity index (χ3v) is 2.35. The maximum atomic E-state index is 11.6. The summed E-state index contributed by atoms with van der Waals surface area (Å²) < 4.78 is 1.08. The molecule has 0 spiro atoms. The monoisotopic (exact) mass is 270 g/mol. The number of amides is 1. The summed E-state index contributed by atoms with van der Waals surface area (Å²) in [6.07, 6.45) is 3.06. The number of nitrogens with zero attached hydrogens (tertiary/aromatic N) is 3. The second kappa shape index (κ2) is 6.47. The van der Waals surface area contributed by atoms with Crippen LogP contribution in [0.1, 0.15) is 19.8 Å². The Morgan fingerprint density at radius 2 is 2.32 bits per heavy atom. The maximum absolute atomic E-state index is 11.6. The average Bonchev–Trinajstić information content (AvgIpc) is 2.76. The van der Waals surface area contributed by atoms with Crippen molar-refractivity contribution in [3.05, 3.63) is 22.5 Å². The van der Waals surface area contributed by atoms with E-state index in [0.29, 0.717) is 12.8 Å². The molecule has 0 saturated carbocycles. The summed E-state index contributed by atoms with van der Waals surface area (Å²) in [5, 5.41) is 25.3. The van der Waals surface area contributed by atoms with Gasteiger partial charge in [-0.1, -0.05) is 13.3 Å². The van der Waals surface area contributed by atoms with E-state index >= 15 is 0 Å². The Bertz CT molecular complexity index is 484. The summed E-state index contributed by atoms with van der Waals surface area (Å²) in [7, 11) is 0. The van der Waals surface area contributed by atoms with Crippen molar-refractivity contribution in [1.82, 2.24) is 15.1 Å². The van der Waals surface area contributed by atoms with Gasteiger partial charge in [-0.05, 0) is 6.42 Å². The van der Waals surface area contributed by atoms with Gasteiger partial charge in [-0.25, -0.2) is 4.79 Å². The van der Waals surface area contributed by atoms with Crippen molar-refractivity contribution in [3.8, 4) is 0 Å². The largest absolute Gasteiger partial charge is 0.480 e. The molecule has 2 N–H and O–H groups in total. The summed E-state index contributed by atoms with van der Waals surface area (Å²) in [5.41, 5.74) is -0.226. The van der Waals surface area contributed by atoms with E-state index < -0.39 is 22.8 Å². The van der Waals surface area contributed by atoms with Gasteiger partial charge in [0.25, 0.3) is 0 Å². The summed E-state index contributed by atoms with van der Waals surface area (Å²) in [4.78, 5) is 32.2. The summed E-state index contributed by atoms with van der Waals surface area (Å²) >= 11 is 0. The van der Waals surface area contributed by atoms with Gasteiger partial charge in [-0.2, -0.15) is 5.10 Å². The molecule has 1 atom stereocenters. The Morgan fingerprint density at radius 1 is 1.63 bits per heavy atom. The van der Waals surface area contributed by atoms with Crippen molar-refractivity contribution in [2.75, 3.05) is 0 Å². The standard InChI is InChI=1S/C10H14N4O5/c1-2-3-8(10(16)17)12-9(15)6-13-5-7(4-11-13)14(18)19/h4-5,8H,2-3,6H2,1H3,(H,12,15)(H,16,17)/t8-/m0/s1. The lowest BCUT2D eigenvalue weighted by Gasteiger charge is -2.13. The van der Waals surface area contributed by atoms with Crippen LogP contribution in [0, 0.1) is 10.1 Å². The van der Waals surface area contributed by atoms with Gasteiger partial charge in [0.05, 0.1) is 4.92 Å². The predicted octanol–water partition coefficient (Wildman–Crippen LogP) is 0.161. The molecule has 0 radical (unpaired) electrons. The van der Waals surface area contributed by atoms with Gasteiger partial charge in [0.1, 0.15) is 25.0 Å². The van der Waals surface area contributed by atoms with Crippen LogP contribution in [0.25, 0.3) is 0 Å². The fraction of sp³-hybridized carbons (Fsp3) is 0.500. The predicted molar refractivity (Wildman–Crippen MR) is 63.4 cm³/mol. The number of hydrogen-bond acceptors (Lipinski definition) is 5. The maximum Gasteiger partial charge on any atom is 0.326 e. The second-order valence-corrected chi connectivity index (χ2v) is 3.90. The number of hydrogen-bond donors (Lipinski definition) is 2. The number of nitro groups is 1. The van der Waals surface area contributed by atoms with Crippen LogP contribution in [0.5, 0.6) is 0 Å². The number of aromatic nitrogens is 2. The fourth-order valence-corrected chi connectivity index (χ4v) is 1.47. The highest BCUT2D eigenvalue weighted by Crippen LogP contribution is 2.07. The van der Waals surface area contributed by atoms with Gasteiger partial charge in [0.2, 0.25) is 5.91 Å². The minimum atomic E-state index is -1.11. The van der Waals surface area contributed by atoms with Gasteiger partial charge >= 0.3 is 11.7 Å². The van der Waals surface area contributed by atoms with Gasteiger partial charge < -0.3 is 10.4 Å². The number of carboxylic acids is 1.